The molecule has 0 radical (unpaired) electrons. The van der Waals surface area contributed by atoms with Crippen LogP contribution in [-0.4, -0.2) is 18.0 Å². The third kappa shape index (κ3) is 2.48. The van der Waals surface area contributed by atoms with Crippen molar-refractivity contribution in [2.45, 2.75) is 63.8 Å². The van der Waals surface area contributed by atoms with Crippen LogP contribution in [0.25, 0.3) is 0 Å². The van der Waals surface area contributed by atoms with Crippen molar-refractivity contribution in [3.8, 4) is 0 Å². The monoisotopic (exact) mass is 286 g/mol. The van der Waals surface area contributed by atoms with Crippen LogP contribution in [0.1, 0.15) is 57.6 Å². The minimum Gasteiger partial charge on any atom is -0.317 e. The topological polar surface area (TPSA) is 46.3 Å². The maximum absolute atomic E-state index is 12.8. The van der Waals surface area contributed by atoms with E-state index in [0.717, 1.165) is 44.3 Å². The highest BCUT2D eigenvalue weighted by Gasteiger charge is 2.42. The molecular weight excluding hydrogens is 260 g/mol. The molecule has 1 aliphatic heterocycles. The summed E-state index contributed by atoms with van der Waals surface area (Å²) in [4.78, 5) is 14.7. The molecule has 1 amide bonds. The first kappa shape index (κ1) is 14.6. The Balaban J connectivity index is 1.89. The third-order valence-electron chi connectivity index (χ3n) is 5.01. The molecule has 1 fully saturated rings. The SMILES string of the molecule is CC(C)(C)c1ccc2c(c1)CCN2C(=O)C1(N)CCCC1. The van der Waals surface area contributed by atoms with E-state index in [0.29, 0.717) is 0 Å². The standard InChI is InChI=1S/C18H26N2O/c1-17(2,3)14-6-7-15-13(12-14)8-11-20(15)16(21)18(19)9-4-5-10-18/h6-7,12H,4-5,8-11,19H2,1-3H3. The highest BCUT2D eigenvalue weighted by molar-refractivity contribution is 6.01. The number of hydrogen-bond donors (Lipinski definition) is 1. The maximum atomic E-state index is 12.8. The molecule has 1 aromatic carbocycles. The zero-order valence-corrected chi connectivity index (χ0v) is 13.4. The lowest BCUT2D eigenvalue weighted by molar-refractivity contribution is -0.123. The first-order valence-corrected chi connectivity index (χ1v) is 8.05. The Morgan fingerprint density at radius 2 is 1.90 bits per heavy atom. The molecule has 1 heterocycles. The van der Waals surface area contributed by atoms with Crippen molar-refractivity contribution in [2.75, 3.05) is 11.4 Å². The molecule has 0 unspecified atom stereocenters. The van der Waals surface area contributed by atoms with E-state index in [-0.39, 0.29) is 11.3 Å². The highest BCUT2D eigenvalue weighted by atomic mass is 16.2. The molecular formula is C18H26N2O. The Hall–Kier alpha value is -1.35. The normalized spacial score (nSPS) is 20.7. The molecule has 2 N–H and O–H groups in total. The second kappa shape index (κ2) is 4.84. The van der Waals surface area contributed by atoms with Crippen LogP contribution in [0.2, 0.25) is 0 Å². The Labute approximate surface area is 127 Å². The summed E-state index contributed by atoms with van der Waals surface area (Å²) in [5.41, 5.74) is 9.57. The first-order valence-electron chi connectivity index (χ1n) is 8.05. The van der Waals surface area contributed by atoms with Crippen molar-refractivity contribution >= 4 is 11.6 Å². The Morgan fingerprint density at radius 3 is 2.52 bits per heavy atom. The average molecular weight is 286 g/mol. The minimum absolute atomic E-state index is 0.127. The van der Waals surface area contributed by atoms with Crippen molar-refractivity contribution in [1.29, 1.82) is 0 Å². The van der Waals surface area contributed by atoms with Crippen molar-refractivity contribution in [2.24, 2.45) is 5.73 Å². The molecule has 1 aromatic rings. The largest absolute Gasteiger partial charge is 0.317 e. The fraction of sp³-hybridized carbons (Fsp3) is 0.611. The Kier molecular flexibility index (Phi) is 3.36. The second-order valence-electron chi connectivity index (χ2n) is 7.66. The van der Waals surface area contributed by atoms with Crippen LogP contribution in [0.4, 0.5) is 5.69 Å². The molecule has 0 saturated heterocycles. The highest BCUT2D eigenvalue weighted by Crippen LogP contribution is 2.36. The summed E-state index contributed by atoms with van der Waals surface area (Å²) >= 11 is 0. The quantitative estimate of drug-likeness (QED) is 0.862. The number of benzene rings is 1. The van der Waals surface area contributed by atoms with E-state index in [1.165, 1.54) is 11.1 Å². The molecule has 0 aromatic heterocycles. The van der Waals surface area contributed by atoms with Crippen molar-refractivity contribution in [3.63, 3.8) is 0 Å². The Bertz CT molecular complexity index is 565. The van der Waals surface area contributed by atoms with Gasteiger partial charge in [-0.15, -0.1) is 0 Å². The molecule has 0 bridgehead atoms. The Morgan fingerprint density at radius 1 is 1.24 bits per heavy atom. The summed E-state index contributed by atoms with van der Waals surface area (Å²) in [5, 5.41) is 0. The fourth-order valence-electron chi connectivity index (χ4n) is 3.57. The van der Waals surface area contributed by atoms with E-state index in [1.807, 2.05) is 4.90 Å². The second-order valence-corrected chi connectivity index (χ2v) is 7.66. The van der Waals surface area contributed by atoms with Gasteiger partial charge in [0.2, 0.25) is 5.91 Å². The third-order valence-corrected chi connectivity index (χ3v) is 5.01. The summed E-state index contributed by atoms with van der Waals surface area (Å²) in [5.74, 6) is 0.127. The lowest BCUT2D eigenvalue weighted by Crippen LogP contribution is -2.53. The van der Waals surface area contributed by atoms with Crippen LogP contribution in [0.5, 0.6) is 0 Å². The van der Waals surface area contributed by atoms with E-state index >= 15 is 0 Å². The van der Waals surface area contributed by atoms with Crippen molar-refractivity contribution < 1.29 is 4.79 Å². The first-order chi connectivity index (χ1) is 9.81. The number of carbonyl (C=O) groups excluding carboxylic acids is 1. The molecule has 3 heteroatoms. The molecule has 1 saturated carbocycles. The molecule has 3 rings (SSSR count). The van der Waals surface area contributed by atoms with Gasteiger partial charge >= 0.3 is 0 Å². The average Bonchev–Trinajstić information content (AvgIpc) is 3.03. The number of nitrogens with zero attached hydrogens (tertiary/aromatic N) is 1. The van der Waals surface area contributed by atoms with Crippen LogP contribution >= 0.6 is 0 Å². The van der Waals surface area contributed by atoms with Gasteiger partial charge in [-0.25, -0.2) is 0 Å². The smallest absolute Gasteiger partial charge is 0.247 e. The van der Waals surface area contributed by atoms with Crippen LogP contribution in [0, 0.1) is 0 Å². The van der Waals surface area contributed by atoms with Crippen molar-refractivity contribution in [3.05, 3.63) is 29.3 Å². The molecule has 2 aliphatic rings. The summed E-state index contributed by atoms with van der Waals surface area (Å²) in [7, 11) is 0. The number of anilines is 1. The number of carbonyl (C=O) groups is 1. The molecule has 0 atom stereocenters. The summed E-state index contributed by atoms with van der Waals surface area (Å²) < 4.78 is 0. The van der Waals surface area contributed by atoms with Crippen LogP contribution < -0.4 is 10.6 Å². The summed E-state index contributed by atoms with van der Waals surface area (Å²) in [6.45, 7) is 7.45. The van der Waals surface area contributed by atoms with Gasteiger partial charge in [0.1, 0.15) is 0 Å². The van der Waals surface area contributed by atoms with Gasteiger partial charge in [-0.1, -0.05) is 45.7 Å². The summed E-state index contributed by atoms with van der Waals surface area (Å²) in [6.07, 6.45) is 4.76. The van der Waals surface area contributed by atoms with E-state index in [2.05, 4.69) is 39.0 Å². The van der Waals surface area contributed by atoms with Gasteiger partial charge in [0.15, 0.2) is 0 Å². The molecule has 0 spiro atoms. The molecule has 114 valence electrons. The lowest BCUT2D eigenvalue weighted by Gasteiger charge is -2.29. The zero-order valence-electron chi connectivity index (χ0n) is 13.4. The van der Waals surface area contributed by atoms with Gasteiger partial charge in [-0.3, -0.25) is 4.79 Å². The van der Waals surface area contributed by atoms with Gasteiger partial charge in [-0.05, 0) is 41.9 Å². The molecule has 1 aliphatic carbocycles. The van der Waals surface area contributed by atoms with Gasteiger partial charge in [0.05, 0.1) is 5.54 Å². The maximum Gasteiger partial charge on any atom is 0.247 e. The molecule has 3 nitrogen and oxygen atoms in total. The van der Waals surface area contributed by atoms with Crippen molar-refractivity contribution in [1.82, 2.24) is 0 Å². The number of amides is 1. The van der Waals surface area contributed by atoms with Gasteiger partial charge in [0.25, 0.3) is 0 Å². The van der Waals surface area contributed by atoms with E-state index < -0.39 is 5.54 Å². The predicted octanol–water partition coefficient (Wildman–Crippen LogP) is 3.14. The lowest BCUT2D eigenvalue weighted by atomic mass is 9.86. The van der Waals surface area contributed by atoms with E-state index in [9.17, 15) is 4.79 Å². The fourth-order valence-corrected chi connectivity index (χ4v) is 3.57. The number of fused-ring (bicyclic) bond motifs is 1. The summed E-state index contributed by atoms with van der Waals surface area (Å²) in [6, 6.07) is 6.53. The van der Waals surface area contributed by atoms with Crippen LogP contribution in [-0.2, 0) is 16.6 Å². The molecule has 21 heavy (non-hydrogen) atoms. The van der Waals surface area contributed by atoms with Crippen LogP contribution in [0.3, 0.4) is 0 Å². The number of rotatable bonds is 1. The number of nitrogens with two attached hydrogens (primary N) is 1. The van der Waals surface area contributed by atoms with E-state index in [4.69, 9.17) is 5.73 Å². The zero-order chi connectivity index (χ0) is 15.3. The minimum atomic E-state index is -0.621. The van der Waals surface area contributed by atoms with Gasteiger partial charge in [-0.2, -0.15) is 0 Å². The number of hydrogen-bond acceptors (Lipinski definition) is 2. The van der Waals surface area contributed by atoms with E-state index in [1.54, 1.807) is 0 Å². The van der Waals surface area contributed by atoms with Gasteiger partial charge < -0.3 is 10.6 Å². The van der Waals surface area contributed by atoms with Crippen LogP contribution in [0.15, 0.2) is 18.2 Å². The van der Waals surface area contributed by atoms with Gasteiger partial charge in [0, 0.05) is 12.2 Å². The predicted molar refractivity (Wildman–Crippen MR) is 86.6 cm³/mol.